The number of nitrogens with one attached hydrogen (secondary N) is 1. The van der Waals surface area contributed by atoms with Gasteiger partial charge in [-0.3, -0.25) is 9.59 Å². The Bertz CT molecular complexity index is 1470. The standard InChI is InChI=1S/C32H34Br2N2O7/c1-2-26(20-10-13-27(23(14-20)30(35)38)42-17-18-6-4-3-5-7-18)36-31(39)19-8-11-22(12-9-19)43-29(32(40)41)24-15-21(33)16-25(34)28(24)37/h8-16,18,26,29,37H,2-7,17H2,1H3,(H2,35,38)(H,36,39)(H,40,41). The Morgan fingerprint density at radius 3 is 2.35 bits per heavy atom. The fourth-order valence-electron chi connectivity index (χ4n) is 5.16. The summed E-state index contributed by atoms with van der Waals surface area (Å²) in [7, 11) is 0. The highest BCUT2D eigenvalue weighted by Crippen LogP contribution is 2.37. The molecule has 1 aliphatic rings. The van der Waals surface area contributed by atoms with E-state index in [0.717, 1.165) is 18.4 Å². The number of rotatable bonds is 12. The van der Waals surface area contributed by atoms with Gasteiger partial charge >= 0.3 is 5.97 Å². The third-order valence-corrected chi connectivity index (χ3v) is 8.58. The molecule has 9 nitrogen and oxygen atoms in total. The average Bonchev–Trinajstić information content (AvgIpc) is 3.00. The van der Waals surface area contributed by atoms with Gasteiger partial charge in [0, 0.05) is 15.6 Å². The number of primary amides is 1. The Balaban J connectivity index is 1.44. The van der Waals surface area contributed by atoms with Gasteiger partial charge in [-0.25, -0.2) is 4.79 Å². The first-order valence-corrected chi connectivity index (χ1v) is 15.7. The number of amides is 2. The normalized spacial score (nSPS) is 14.9. The fraction of sp³-hybridized carbons (Fsp3) is 0.344. The molecule has 2 unspecified atom stereocenters. The Kier molecular flexibility index (Phi) is 11.1. The smallest absolute Gasteiger partial charge is 0.349 e. The number of aliphatic carboxylic acids is 1. The number of benzene rings is 3. The van der Waals surface area contributed by atoms with Crippen LogP contribution >= 0.6 is 31.9 Å². The van der Waals surface area contributed by atoms with Crippen LogP contribution < -0.4 is 20.5 Å². The van der Waals surface area contributed by atoms with Gasteiger partial charge in [0.15, 0.2) is 0 Å². The predicted molar refractivity (Wildman–Crippen MR) is 168 cm³/mol. The van der Waals surface area contributed by atoms with Crippen molar-refractivity contribution in [1.29, 1.82) is 0 Å². The summed E-state index contributed by atoms with van der Waals surface area (Å²) in [5.41, 5.74) is 7.06. The lowest BCUT2D eigenvalue weighted by atomic mass is 9.90. The Morgan fingerprint density at radius 2 is 1.72 bits per heavy atom. The maximum absolute atomic E-state index is 13.1. The van der Waals surface area contributed by atoms with Crippen LogP contribution in [0.4, 0.5) is 0 Å². The minimum atomic E-state index is -1.49. The second-order valence-corrected chi connectivity index (χ2v) is 12.3. The van der Waals surface area contributed by atoms with Gasteiger partial charge in [-0.1, -0.05) is 48.2 Å². The van der Waals surface area contributed by atoms with E-state index in [0.29, 0.717) is 39.2 Å². The molecule has 0 aromatic heterocycles. The minimum absolute atomic E-state index is 0.0575. The van der Waals surface area contributed by atoms with Gasteiger partial charge in [0.25, 0.3) is 11.8 Å². The SMILES string of the molecule is CCC(NC(=O)c1ccc(OC(C(=O)O)c2cc(Br)cc(Br)c2O)cc1)c1ccc(OCC2CCCCC2)c(C(N)=O)c1. The molecule has 228 valence electrons. The van der Waals surface area contributed by atoms with E-state index in [2.05, 4.69) is 37.2 Å². The van der Waals surface area contributed by atoms with Gasteiger partial charge in [-0.05, 0) is 95.2 Å². The molecule has 1 aliphatic carbocycles. The second-order valence-electron chi connectivity index (χ2n) is 10.6. The number of hydrogen-bond donors (Lipinski definition) is 4. The molecule has 3 aromatic carbocycles. The van der Waals surface area contributed by atoms with E-state index in [-0.39, 0.29) is 28.5 Å². The number of carbonyl (C=O) groups excluding carboxylic acids is 2. The van der Waals surface area contributed by atoms with Crippen LogP contribution in [0.25, 0.3) is 0 Å². The summed E-state index contributed by atoms with van der Waals surface area (Å²) in [5.74, 6) is -1.39. The van der Waals surface area contributed by atoms with Crippen LogP contribution in [0.15, 0.2) is 63.5 Å². The quantitative estimate of drug-likeness (QED) is 0.157. The van der Waals surface area contributed by atoms with Gasteiger partial charge in [0.05, 0.1) is 22.7 Å². The van der Waals surface area contributed by atoms with Crippen molar-refractivity contribution in [3.8, 4) is 17.2 Å². The zero-order chi connectivity index (χ0) is 31.1. The lowest BCUT2D eigenvalue weighted by molar-refractivity contribution is -0.145. The summed E-state index contributed by atoms with van der Waals surface area (Å²) >= 11 is 6.49. The molecule has 3 aromatic rings. The van der Waals surface area contributed by atoms with E-state index in [1.54, 1.807) is 18.2 Å². The molecule has 0 radical (unpaired) electrons. The van der Waals surface area contributed by atoms with Crippen LogP contribution in [0.1, 0.15) is 89.4 Å². The van der Waals surface area contributed by atoms with Crippen molar-refractivity contribution in [2.75, 3.05) is 6.61 Å². The zero-order valence-electron chi connectivity index (χ0n) is 23.6. The molecule has 2 atom stereocenters. The minimum Gasteiger partial charge on any atom is -0.506 e. The lowest BCUT2D eigenvalue weighted by Crippen LogP contribution is -2.28. The van der Waals surface area contributed by atoms with E-state index in [1.807, 2.05) is 13.0 Å². The number of hydrogen-bond acceptors (Lipinski definition) is 6. The number of carbonyl (C=O) groups is 3. The molecule has 5 N–H and O–H groups in total. The summed E-state index contributed by atoms with van der Waals surface area (Å²) < 4.78 is 12.5. The summed E-state index contributed by atoms with van der Waals surface area (Å²) in [4.78, 5) is 37.4. The number of phenolic OH excluding ortho intramolecular Hbond substituents is 1. The molecule has 0 spiro atoms. The van der Waals surface area contributed by atoms with Crippen LogP contribution in [-0.4, -0.2) is 34.6 Å². The molecule has 2 amide bonds. The van der Waals surface area contributed by atoms with Gasteiger partial charge in [-0.2, -0.15) is 0 Å². The predicted octanol–water partition coefficient (Wildman–Crippen LogP) is 7.06. The van der Waals surface area contributed by atoms with Crippen LogP contribution in [-0.2, 0) is 4.79 Å². The molecule has 1 saturated carbocycles. The third-order valence-electron chi connectivity index (χ3n) is 7.52. The highest BCUT2D eigenvalue weighted by Gasteiger charge is 2.27. The first-order chi connectivity index (χ1) is 20.6. The molecule has 11 heteroatoms. The highest BCUT2D eigenvalue weighted by atomic mass is 79.9. The number of ether oxygens (including phenoxy) is 2. The number of carboxylic acid groups (broad SMARTS) is 1. The molecule has 4 rings (SSSR count). The van der Waals surface area contributed by atoms with E-state index >= 15 is 0 Å². The van der Waals surface area contributed by atoms with E-state index in [4.69, 9.17) is 15.2 Å². The largest absolute Gasteiger partial charge is 0.506 e. The first kappa shape index (κ1) is 32.3. The van der Waals surface area contributed by atoms with Gasteiger partial charge in [0.1, 0.15) is 17.2 Å². The van der Waals surface area contributed by atoms with E-state index < -0.39 is 24.0 Å². The summed E-state index contributed by atoms with van der Waals surface area (Å²) in [6.45, 7) is 2.46. The van der Waals surface area contributed by atoms with Gasteiger partial charge < -0.3 is 30.7 Å². The Morgan fingerprint density at radius 1 is 1.02 bits per heavy atom. The van der Waals surface area contributed by atoms with Crippen molar-refractivity contribution in [2.45, 2.75) is 57.6 Å². The fourth-order valence-corrected chi connectivity index (χ4v) is 6.42. The monoisotopic (exact) mass is 716 g/mol. The van der Waals surface area contributed by atoms with Crippen molar-refractivity contribution in [2.24, 2.45) is 11.7 Å². The van der Waals surface area contributed by atoms with Gasteiger partial charge in [-0.15, -0.1) is 0 Å². The first-order valence-electron chi connectivity index (χ1n) is 14.1. The molecular weight excluding hydrogens is 684 g/mol. The zero-order valence-corrected chi connectivity index (χ0v) is 26.8. The molecule has 0 bridgehead atoms. The van der Waals surface area contributed by atoms with Crippen LogP contribution in [0.2, 0.25) is 0 Å². The molecule has 0 heterocycles. The highest BCUT2D eigenvalue weighted by molar-refractivity contribution is 9.11. The molecule has 0 saturated heterocycles. The molecule has 43 heavy (non-hydrogen) atoms. The van der Waals surface area contributed by atoms with E-state index in [9.17, 15) is 24.6 Å². The Labute approximate surface area is 267 Å². The number of aromatic hydroxyl groups is 1. The second kappa shape index (κ2) is 14.7. The van der Waals surface area contributed by atoms with Gasteiger partial charge in [0.2, 0.25) is 6.10 Å². The lowest BCUT2D eigenvalue weighted by Gasteiger charge is -2.23. The molecule has 1 fully saturated rings. The maximum atomic E-state index is 13.1. The number of nitrogens with two attached hydrogens (primary N) is 1. The summed E-state index contributed by atoms with van der Waals surface area (Å²) in [6.07, 6.45) is 4.94. The average molecular weight is 718 g/mol. The number of phenols is 1. The maximum Gasteiger partial charge on any atom is 0.349 e. The van der Waals surface area contributed by atoms with Crippen molar-refractivity contribution < 1.29 is 34.1 Å². The van der Waals surface area contributed by atoms with E-state index in [1.165, 1.54) is 49.6 Å². The van der Waals surface area contributed by atoms with Crippen molar-refractivity contribution in [3.63, 3.8) is 0 Å². The van der Waals surface area contributed by atoms with Crippen molar-refractivity contribution in [1.82, 2.24) is 5.32 Å². The number of halogens is 2. The van der Waals surface area contributed by atoms with Crippen LogP contribution in [0.5, 0.6) is 17.2 Å². The van der Waals surface area contributed by atoms with Crippen LogP contribution in [0.3, 0.4) is 0 Å². The summed E-state index contributed by atoms with van der Waals surface area (Å²) in [5, 5.41) is 23.1. The Hall–Kier alpha value is -3.57. The third kappa shape index (κ3) is 8.29. The van der Waals surface area contributed by atoms with Crippen molar-refractivity contribution in [3.05, 3.63) is 85.8 Å². The number of carboxylic acids is 1. The molecular formula is C32H34Br2N2O7. The van der Waals surface area contributed by atoms with Crippen molar-refractivity contribution >= 4 is 49.6 Å². The topological polar surface area (TPSA) is 148 Å². The van der Waals surface area contributed by atoms with Crippen LogP contribution in [0, 0.1) is 5.92 Å². The molecule has 0 aliphatic heterocycles. The summed E-state index contributed by atoms with van der Waals surface area (Å²) in [6, 6.07) is 13.9.